The van der Waals surface area contributed by atoms with Crippen molar-refractivity contribution in [2.24, 2.45) is 0 Å². The van der Waals surface area contributed by atoms with Gasteiger partial charge in [-0.1, -0.05) is 127 Å². The van der Waals surface area contributed by atoms with Crippen molar-refractivity contribution in [1.82, 2.24) is 0 Å². The van der Waals surface area contributed by atoms with E-state index in [9.17, 15) is 0 Å². The third-order valence-electron chi connectivity index (χ3n) is 10.6. The molecule has 0 unspecified atom stereocenters. The van der Waals surface area contributed by atoms with E-state index in [1.165, 1.54) is 47.5 Å². The lowest BCUT2D eigenvalue weighted by molar-refractivity contribution is 0.673. The highest BCUT2D eigenvalue weighted by molar-refractivity contribution is 7.25. The van der Waals surface area contributed by atoms with Crippen molar-refractivity contribution in [2.75, 3.05) is 4.90 Å². The van der Waals surface area contributed by atoms with Gasteiger partial charge >= 0.3 is 0 Å². The molecule has 3 heteroatoms. The minimum absolute atomic E-state index is 0.903. The Morgan fingerprint density at radius 1 is 0.396 bits per heavy atom. The second-order valence-electron chi connectivity index (χ2n) is 13.7. The monoisotopic (exact) mass is 693 g/mol. The number of rotatable bonds is 5. The molecule has 9 aromatic carbocycles. The van der Waals surface area contributed by atoms with E-state index in [4.69, 9.17) is 4.42 Å². The van der Waals surface area contributed by atoms with Gasteiger partial charge in [0.2, 0.25) is 0 Å². The van der Waals surface area contributed by atoms with Gasteiger partial charge in [0.25, 0.3) is 0 Å². The molecule has 248 valence electrons. The molecule has 2 aromatic heterocycles. The van der Waals surface area contributed by atoms with Crippen molar-refractivity contribution in [3.63, 3.8) is 0 Å². The lowest BCUT2D eigenvalue weighted by atomic mass is 9.97. The van der Waals surface area contributed by atoms with Crippen LogP contribution >= 0.6 is 11.3 Å². The molecule has 2 nitrogen and oxygen atoms in total. The maximum absolute atomic E-state index is 6.53. The predicted octanol–water partition coefficient (Wildman–Crippen LogP) is 15.1. The van der Waals surface area contributed by atoms with Crippen molar-refractivity contribution in [3.05, 3.63) is 188 Å². The second kappa shape index (κ2) is 11.9. The van der Waals surface area contributed by atoms with Gasteiger partial charge in [-0.25, -0.2) is 0 Å². The summed E-state index contributed by atoms with van der Waals surface area (Å²) < 4.78 is 9.17. The average molecular weight is 694 g/mol. The van der Waals surface area contributed by atoms with Crippen LogP contribution in [0.2, 0.25) is 0 Å². The third kappa shape index (κ3) is 4.86. The van der Waals surface area contributed by atoms with Crippen molar-refractivity contribution in [3.8, 4) is 22.3 Å². The Morgan fingerprint density at radius 3 is 1.96 bits per heavy atom. The minimum Gasteiger partial charge on any atom is -0.455 e. The molecule has 0 N–H and O–H groups in total. The summed E-state index contributed by atoms with van der Waals surface area (Å²) in [7, 11) is 0. The zero-order chi connectivity index (χ0) is 34.9. The number of hydrogen-bond acceptors (Lipinski definition) is 3. The maximum atomic E-state index is 6.53. The van der Waals surface area contributed by atoms with Gasteiger partial charge in [0, 0.05) is 53.1 Å². The Morgan fingerprint density at radius 2 is 1.08 bits per heavy atom. The van der Waals surface area contributed by atoms with Crippen molar-refractivity contribution < 1.29 is 4.42 Å². The summed E-state index contributed by atoms with van der Waals surface area (Å²) >= 11 is 1.86. The first kappa shape index (κ1) is 30.0. The van der Waals surface area contributed by atoms with Crippen LogP contribution in [0.5, 0.6) is 0 Å². The maximum Gasteiger partial charge on any atom is 0.143 e. The highest BCUT2D eigenvalue weighted by Gasteiger charge is 2.19. The number of hydrogen-bond donors (Lipinski definition) is 0. The fourth-order valence-corrected chi connectivity index (χ4v) is 9.23. The van der Waals surface area contributed by atoms with E-state index < -0.39 is 0 Å². The van der Waals surface area contributed by atoms with Crippen LogP contribution in [0, 0.1) is 0 Å². The number of thiophene rings is 1. The molecule has 0 radical (unpaired) electrons. The van der Waals surface area contributed by atoms with Crippen LogP contribution in [0.1, 0.15) is 0 Å². The first-order chi connectivity index (χ1) is 26.3. The van der Waals surface area contributed by atoms with Crippen LogP contribution in [-0.2, 0) is 0 Å². The SMILES string of the molecule is c1cc(-c2ccc3sc4ccccc4c3c2)cc(N(c2ccc(-c3cccc4oc5c6ccccc6ccc5c34)cc2)c2cccc3ccccc23)c1. The van der Waals surface area contributed by atoms with Crippen LogP contribution in [0.4, 0.5) is 17.1 Å². The first-order valence-electron chi connectivity index (χ1n) is 18.0. The predicted molar refractivity (Wildman–Crippen MR) is 227 cm³/mol. The molecule has 0 fully saturated rings. The summed E-state index contributed by atoms with van der Waals surface area (Å²) in [5.74, 6) is 0. The number of furan rings is 1. The van der Waals surface area contributed by atoms with Crippen LogP contribution in [0.3, 0.4) is 0 Å². The summed E-state index contributed by atoms with van der Waals surface area (Å²) in [6.45, 7) is 0. The van der Waals surface area contributed by atoms with Crippen molar-refractivity contribution in [2.45, 2.75) is 0 Å². The largest absolute Gasteiger partial charge is 0.455 e. The summed E-state index contributed by atoms with van der Waals surface area (Å²) in [5.41, 5.74) is 9.90. The van der Waals surface area contributed by atoms with Crippen LogP contribution in [0.25, 0.3) is 85.9 Å². The van der Waals surface area contributed by atoms with Gasteiger partial charge in [0.05, 0.1) is 5.69 Å². The highest BCUT2D eigenvalue weighted by atomic mass is 32.1. The molecule has 0 aliphatic rings. The molecule has 0 saturated heterocycles. The summed E-state index contributed by atoms with van der Waals surface area (Å²) in [6.07, 6.45) is 0. The summed E-state index contributed by atoms with van der Waals surface area (Å²) in [5, 5.41) is 9.65. The Balaban J connectivity index is 1.06. The summed E-state index contributed by atoms with van der Waals surface area (Å²) in [4.78, 5) is 2.40. The fraction of sp³-hybridized carbons (Fsp3) is 0. The highest BCUT2D eigenvalue weighted by Crippen LogP contribution is 2.44. The lowest BCUT2D eigenvalue weighted by Gasteiger charge is -2.27. The van der Waals surface area contributed by atoms with E-state index in [0.29, 0.717) is 0 Å². The van der Waals surface area contributed by atoms with Gasteiger partial charge < -0.3 is 9.32 Å². The zero-order valence-corrected chi connectivity index (χ0v) is 29.5. The minimum atomic E-state index is 0.903. The van der Waals surface area contributed by atoms with Gasteiger partial charge in [0.15, 0.2) is 0 Å². The number of anilines is 3. The standard InChI is InChI=1S/C50H31NOS/c1-3-15-39-32(10-1)12-8-19-45(39)51(38-14-7-13-35(30-38)36-25-29-48-44(31-36)42-17-5-6-21-47(42)53-48)37-26-22-34(23-27-37)40-18-9-20-46-49(40)43-28-24-33-11-2-4-16-41(33)50(43)52-46/h1-31H. The number of fused-ring (bicyclic) bond motifs is 9. The molecule has 11 aromatic rings. The molecule has 53 heavy (non-hydrogen) atoms. The Hall–Kier alpha value is -6.68. The molecule has 0 aliphatic heterocycles. The van der Waals surface area contributed by atoms with Crippen LogP contribution in [0.15, 0.2) is 192 Å². The molecule has 0 saturated carbocycles. The molecule has 0 aliphatic carbocycles. The Bertz CT molecular complexity index is 3180. The van der Waals surface area contributed by atoms with E-state index in [0.717, 1.165) is 55.5 Å². The average Bonchev–Trinajstić information content (AvgIpc) is 3.80. The quantitative estimate of drug-likeness (QED) is 0.178. The smallest absolute Gasteiger partial charge is 0.143 e. The van der Waals surface area contributed by atoms with E-state index in [1.807, 2.05) is 11.3 Å². The van der Waals surface area contributed by atoms with Gasteiger partial charge in [0.1, 0.15) is 11.2 Å². The van der Waals surface area contributed by atoms with E-state index in [-0.39, 0.29) is 0 Å². The van der Waals surface area contributed by atoms with E-state index >= 15 is 0 Å². The van der Waals surface area contributed by atoms with Crippen molar-refractivity contribution >= 4 is 92.1 Å². The molecular formula is C50H31NOS. The van der Waals surface area contributed by atoms with Gasteiger partial charge in [-0.05, 0) is 93.7 Å². The lowest BCUT2D eigenvalue weighted by Crippen LogP contribution is -2.10. The molecule has 0 atom stereocenters. The fourth-order valence-electron chi connectivity index (χ4n) is 8.15. The molecule has 0 amide bonds. The molecule has 0 bridgehead atoms. The van der Waals surface area contributed by atoms with Gasteiger partial charge in [-0.15, -0.1) is 11.3 Å². The van der Waals surface area contributed by atoms with Gasteiger partial charge in [-0.2, -0.15) is 0 Å². The molecule has 2 heterocycles. The summed E-state index contributed by atoms with van der Waals surface area (Å²) in [6, 6.07) is 68.0. The topological polar surface area (TPSA) is 16.4 Å². The normalized spacial score (nSPS) is 11.8. The van der Waals surface area contributed by atoms with E-state index in [1.54, 1.807) is 0 Å². The van der Waals surface area contributed by atoms with Crippen molar-refractivity contribution in [1.29, 1.82) is 0 Å². The molecular weight excluding hydrogens is 663 g/mol. The van der Waals surface area contributed by atoms with Crippen LogP contribution < -0.4 is 4.90 Å². The zero-order valence-electron chi connectivity index (χ0n) is 28.7. The number of nitrogens with zero attached hydrogens (tertiary/aromatic N) is 1. The van der Waals surface area contributed by atoms with Gasteiger partial charge in [-0.3, -0.25) is 0 Å². The Kier molecular flexibility index (Phi) is 6.76. The first-order valence-corrected chi connectivity index (χ1v) is 18.8. The van der Waals surface area contributed by atoms with E-state index in [2.05, 4.69) is 193 Å². The second-order valence-corrected chi connectivity index (χ2v) is 14.8. The third-order valence-corrected chi connectivity index (χ3v) is 11.8. The molecule has 0 spiro atoms. The number of benzene rings is 9. The molecule has 11 rings (SSSR count). The Labute approximate surface area is 310 Å². The van der Waals surface area contributed by atoms with Crippen LogP contribution in [-0.4, -0.2) is 0 Å².